The molecule has 2 rings (SSSR count). The van der Waals surface area contributed by atoms with Gasteiger partial charge in [-0.3, -0.25) is 14.9 Å². The van der Waals surface area contributed by atoms with Crippen molar-refractivity contribution in [2.45, 2.75) is 19.0 Å². The zero-order valence-corrected chi connectivity index (χ0v) is 11.9. The summed E-state index contributed by atoms with van der Waals surface area (Å²) in [4.78, 5) is 22.0. The zero-order valence-electron chi connectivity index (χ0n) is 10.3. The maximum absolute atomic E-state index is 10.9. The Bertz CT molecular complexity index is 594. The van der Waals surface area contributed by atoms with Crippen LogP contribution in [-0.2, 0) is 11.3 Å². The Morgan fingerprint density at radius 1 is 1.50 bits per heavy atom. The van der Waals surface area contributed by atoms with Crippen LogP contribution in [0.15, 0.2) is 29.0 Å². The molecule has 1 unspecified atom stereocenters. The molecule has 2 aromatic heterocycles. The van der Waals surface area contributed by atoms with E-state index in [1.54, 1.807) is 5.38 Å². The molecular weight excluding hydrogens is 300 g/mol. The Hall–Kier alpha value is -1.77. The molecule has 0 aliphatic rings. The first-order valence-electron chi connectivity index (χ1n) is 5.76. The molecule has 0 bridgehead atoms. The third-order valence-electron chi connectivity index (χ3n) is 2.64. The van der Waals surface area contributed by atoms with Gasteiger partial charge in [0.2, 0.25) is 0 Å². The van der Waals surface area contributed by atoms with Crippen molar-refractivity contribution in [3.63, 3.8) is 0 Å². The number of aliphatic carboxylic acids is 1. The van der Waals surface area contributed by atoms with E-state index in [1.165, 1.54) is 17.4 Å². The number of thiophene rings is 2. The van der Waals surface area contributed by atoms with Crippen LogP contribution in [0.2, 0.25) is 0 Å². The first-order chi connectivity index (χ1) is 9.56. The highest BCUT2D eigenvalue weighted by atomic mass is 32.1. The van der Waals surface area contributed by atoms with Crippen LogP contribution in [0.5, 0.6) is 0 Å². The van der Waals surface area contributed by atoms with Gasteiger partial charge in [0, 0.05) is 22.9 Å². The molecule has 0 saturated carbocycles. The number of nitrogens with one attached hydrogen (secondary N) is 1. The first kappa shape index (κ1) is 14.6. The van der Waals surface area contributed by atoms with E-state index in [2.05, 4.69) is 5.32 Å². The van der Waals surface area contributed by atoms with Gasteiger partial charge in [-0.1, -0.05) is 17.4 Å². The largest absolute Gasteiger partial charge is 0.481 e. The van der Waals surface area contributed by atoms with Crippen LogP contribution in [0.1, 0.15) is 22.9 Å². The standard InChI is InChI=1S/C12H12N2O4S2/c15-12(16)5-9(10-2-1-3-19-10)13-6-8-4-11(14(17)18)20-7-8/h1-4,7,9,13H,5-6H2,(H,15,16). The van der Waals surface area contributed by atoms with Crippen LogP contribution < -0.4 is 5.32 Å². The van der Waals surface area contributed by atoms with Crippen molar-refractivity contribution in [3.05, 3.63) is 49.5 Å². The molecule has 0 saturated heterocycles. The molecule has 0 aliphatic carbocycles. The lowest BCUT2D eigenvalue weighted by atomic mass is 10.1. The summed E-state index contributed by atoms with van der Waals surface area (Å²) in [7, 11) is 0. The summed E-state index contributed by atoms with van der Waals surface area (Å²) in [5.41, 5.74) is 0.786. The number of hydrogen-bond acceptors (Lipinski definition) is 6. The molecule has 1 atom stereocenters. The fourth-order valence-electron chi connectivity index (χ4n) is 1.73. The highest BCUT2D eigenvalue weighted by Crippen LogP contribution is 2.25. The first-order valence-corrected chi connectivity index (χ1v) is 7.52. The summed E-state index contributed by atoms with van der Waals surface area (Å²) in [6, 6.07) is 4.96. The van der Waals surface area contributed by atoms with Gasteiger partial charge in [0.25, 0.3) is 0 Å². The molecule has 106 valence electrons. The van der Waals surface area contributed by atoms with Gasteiger partial charge in [0.15, 0.2) is 0 Å². The van der Waals surface area contributed by atoms with Crippen molar-refractivity contribution in [2.75, 3.05) is 0 Å². The number of nitrogens with zero attached hydrogens (tertiary/aromatic N) is 1. The Kier molecular flexibility index (Phi) is 4.83. The average Bonchev–Trinajstić information content (AvgIpc) is 3.05. The molecule has 0 aliphatic heterocycles. The van der Waals surface area contributed by atoms with Gasteiger partial charge in [-0.25, -0.2) is 0 Å². The minimum atomic E-state index is -0.882. The molecule has 6 nitrogen and oxygen atoms in total. The average molecular weight is 312 g/mol. The quantitative estimate of drug-likeness (QED) is 0.605. The van der Waals surface area contributed by atoms with Crippen molar-refractivity contribution in [3.8, 4) is 0 Å². The normalized spacial score (nSPS) is 12.2. The summed E-state index contributed by atoms with van der Waals surface area (Å²) < 4.78 is 0. The van der Waals surface area contributed by atoms with Gasteiger partial charge in [-0.2, -0.15) is 0 Å². The summed E-state index contributed by atoms with van der Waals surface area (Å²) >= 11 is 2.55. The lowest BCUT2D eigenvalue weighted by Crippen LogP contribution is -2.22. The van der Waals surface area contributed by atoms with Gasteiger partial charge in [0.05, 0.1) is 17.4 Å². The molecule has 8 heteroatoms. The zero-order chi connectivity index (χ0) is 14.5. The van der Waals surface area contributed by atoms with Crippen LogP contribution in [-0.4, -0.2) is 16.0 Å². The van der Waals surface area contributed by atoms with E-state index in [-0.39, 0.29) is 17.5 Å². The van der Waals surface area contributed by atoms with Gasteiger partial charge >= 0.3 is 11.0 Å². The second-order valence-corrected chi connectivity index (χ2v) is 5.97. The van der Waals surface area contributed by atoms with Crippen LogP contribution in [0.3, 0.4) is 0 Å². The van der Waals surface area contributed by atoms with E-state index in [4.69, 9.17) is 5.11 Å². The molecule has 0 fully saturated rings. The third kappa shape index (κ3) is 3.86. The molecule has 2 aromatic rings. The van der Waals surface area contributed by atoms with Crippen molar-refractivity contribution in [2.24, 2.45) is 0 Å². The van der Waals surface area contributed by atoms with Crippen molar-refractivity contribution < 1.29 is 14.8 Å². The molecule has 0 aromatic carbocycles. The SMILES string of the molecule is O=C(O)CC(NCc1csc([N+](=O)[O-])c1)c1cccs1. The van der Waals surface area contributed by atoms with E-state index in [0.29, 0.717) is 6.54 Å². The molecular formula is C12H12N2O4S2. The smallest absolute Gasteiger partial charge is 0.324 e. The Morgan fingerprint density at radius 3 is 2.85 bits per heavy atom. The van der Waals surface area contributed by atoms with E-state index >= 15 is 0 Å². The topological polar surface area (TPSA) is 92.5 Å². The van der Waals surface area contributed by atoms with E-state index in [9.17, 15) is 14.9 Å². The van der Waals surface area contributed by atoms with Crippen molar-refractivity contribution in [1.29, 1.82) is 0 Å². The number of nitro groups is 1. The van der Waals surface area contributed by atoms with Gasteiger partial charge < -0.3 is 10.4 Å². The minimum absolute atomic E-state index is 0.0211. The van der Waals surface area contributed by atoms with Crippen LogP contribution >= 0.6 is 22.7 Å². The Balaban J connectivity index is 2.01. The maximum Gasteiger partial charge on any atom is 0.324 e. The summed E-state index contributed by atoms with van der Waals surface area (Å²) in [6.07, 6.45) is -0.0211. The second-order valence-electron chi connectivity index (χ2n) is 4.10. The predicted octanol–water partition coefficient (Wildman–Crippen LogP) is 3.02. The molecule has 20 heavy (non-hydrogen) atoms. The van der Waals surface area contributed by atoms with E-state index in [1.807, 2.05) is 17.5 Å². The number of hydrogen-bond donors (Lipinski definition) is 2. The van der Waals surface area contributed by atoms with Gasteiger partial charge in [-0.15, -0.1) is 11.3 Å². The highest BCUT2D eigenvalue weighted by molar-refractivity contribution is 7.13. The van der Waals surface area contributed by atoms with Gasteiger partial charge in [0.1, 0.15) is 0 Å². The summed E-state index contributed by atoms with van der Waals surface area (Å²) in [6.45, 7) is 0.403. The number of carboxylic acid groups (broad SMARTS) is 1. The minimum Gasteiger partial charge on any atom is -0.481 e. The van der Waals surface area contributed by atoms with E-state index < -0.39 is 10.9 Å². The van der Waals surface area contributed by atoms with E-state index in [0.717, 1.165) is 21.8 Å². The van der Waals surface area contributed by atoms with Crippen LogP contribution in [0.25, 0.3) is 0 Å². The Morgan fingerprint density at radius 2 is 2.30 bits per heavy atom. The lowest BCUT2D eigenvalue weighted by Gasteiger charge is -2.14. The Labute approximate surface area is 122 Å². The molecule has 2 heterocycles. The molecule has 0 spiro atoms. The number of carboxylic acids is 1. The summed E-state index contributed by atoms with van der Waals surface area (Å²) in [5, 5.41) is 26.4. The third-order valence-corrected chi connectivity index (χ3v) is 4.55. The highest BCUT2D eigenvalue weighted by Gasteiger charge is 2.17. The van der Waals surface area contributed by atoms with Crippen LogP contribution in [0.4, 0.5) is 5.00 Å². The number of carbonyl (C=O) groups is 1. The fraction of sp³-hybridized carbons (Fsp3) is 0.250. The molecule has 0 amide bonds. The van der Waals surface area contributed by atoms with Gasteiger partial charge in [-0.05, 0) is 17.0 Å². The maximum atomic E-state index is 10.9. The fourth-order valence-corrected chi connectivity index (χ4v) is 3.26. The van der Waals surface area contributed by atoms with Crippen molar-refractivity contribution in [1.82, 2.24) is 5.32 Å². The molecule has 2 N–H and O–H groups in total. The second kappa shape index (κ2) is 6.60. The lowest BCUT2D eigenvalue weighted by molar-refractivity contribution is -0.380. The van der Waals surface area contributed by atoms with Crippen molar-refractivity contribution >= 4 is 33.6 Å². The monoisotopic (exact) mass is 312 g/mol. The number of rotatable bonds is 7. The van der Waals surface area contributed by atoms with Crippen LogP contribution in [0, 0.1) is 10.1 Å². The summed E-state index contributed by atoms with van der Waals surface area (Å²) in [5.74, 6) is -0.882. The predicted molar refractivity (Wildman–Crippen MR) is 77.1 cm³/mol. The molecule has 0 radical (unpaired) electrons.